The number of rotatable bonds is 6. The average Bonchev–Trinajstić information content (AvgIpc) is 2.53. The van der Waals surface area contributed by atoms with Crippen LogP contribution in [0.15, 0.2) is 36.4 Å². The highest BCUT2D eigenvalue weighted by molar-refractivity contribution is 7.99. The van der Waals surface area contributed by atoms with Gasteiger partial charge in [-0.2, -0.15) is 11.8 Å². The number of aliphatic carboxylic acids is 1. The summed E-state index contributed by atoms with van der Waals surface area (Å²) in [6, 6.07) is 9.87. The van der Waals surface area contributed by atoms with Gasteiger partial charge in [-0.15, -0.1) is 0 Å². The molecule has 0 saturated carbocycles. The van der Waals surface area contributed by atoms with Crippen molar-refractivity contribution in [1.82, 2.24) is 5.32 Å². The smallest absolute Gasteiger partial charge is 0.329 e. The van der Waals surface area contributed by atoms with Crippen LogP contribution in [0.3, 0.4) is 0 Å². The molecule has 0 atom stereocenters. The number of carboxylic acid groups (broad SMARTS) is 1. The minimum Gasteiger partial charge on any atom is -0.480 e. The normalized spacial score (nSPS) is 17.3. The SMILES string of the molecule is O=C(CC/C=C/c1ccccc1)NC1(C(=O)O)CCSCC1. The van der Waals surface area contributed by atoms with E-state index in [9.17, 15) is 14.7 Å². The van der Waals surface area contributed by atoms with E-state index >= 15 is 0 Å². The van der Waals surface area contributed by atoms with Crippen LogP contribution in [0.4, 0.5) is 0 Å². The van der Waals surface area contributed by atoms with E-state index in [1.165, 1.54) is 0 Å². The second-order valence-corrected chi connectivity index (χ2v) is 6.62. The Labute approximate surface area is 135 Å². The number of carbonyl (C=O) groups is 2. The largest absolute Gasteiger partial charge is 0.480 e. The van der Waals surface area contributed by atoms with Gasteiger partial charge in [0.05, 0.1) is 0 Å². The number of thioether (sulfide) groups is 1. The Morgan fingerprint density at radius 3 is 2.55 bits per heavy atom. The highest BCUT2D eigenvalue weighted by atomic mass is 32.2. The molecule has 1 fully saturated rings. The molecular formula is C17H21NO3S. The zero-order chi connectivity index (χ0) is 15.8. The van der Waals surface area contributed by atoms with Crippen molar-refractivity contribution < 1.29 is 14.7 Å². The Kier molecular flexibility index (Phi) is 6.07. The summed E-state index contributed by atoms with van der Waals surface area (Å²) in [5.74, 6) is 0.453. The number of carboxylic acids is 1. The molecule has 1 aliphatic rings. The maximum Gasteiger partial charge on any atom is 0.329 e. The molecule has 2 rings (SSSR count). The third-order valence-electron chi connectivity index (χ3n) is 3.78. The van der Waals surface area contributed by atoms with Gasteiger partial charge in [-0.25, -0.2) is 4.79 Å². The Bertz CT molecular complexity index is 536. The van der Waals surface area contributed by atoms with Gasteiger partial charge in [-0.1, -0.05) is 42.5 Å². The first-order valence-corrected chi connectivity index (χ1v) is 8.62. The lowest BCUT2D eigenvalue weighted by atomic mass is 9.92. The lowest BCUT2D eigenvalue weighted by Crippen LogP contribution is -2.56. The fourth-order valence-electron chi connectivity index (χ4n) is 2.44. The van der Waals surface area contributed by atoms with Crippen LogP contribution in [0.25, 0.3) is 6.08 Å². The van der Waals surface area contributed by atoms with Crippen molar-refractivity contribution in [3.63, 3.8) is 0 Å². The quantitative estimate of drug-likeness (QED) is 0.846. The van der Waals surface area contributed by atoms with Crippen LogP contribution in [0, 0.1) is 0 Å². The van der Waals surface area contributed by atoms with Crippen LogP contribution in [0.5, 0.6) is 0 Å². The van der Waals surface area contributed by atoms with Gasteiger partial charge < -0.3 is 10.4 Å². The fourth-order valence-corrected chi connectivity index (χ4v) is 3.63. The summed E-state index contributed by atoms with van der Waals surface area (Å²) in [6.45, 7) is 0. The molecule has 0 aromatic heterocycles. The zero-order valence-electron chi connectivity index (χ0n) is 12.5. The van der Waals surface area contributed by atoms with Gasteiger partial charge in [0.2, 0.25) is 5.91 Å². The first-order valence-electron chi connectivity index (χ1n) is 7.46. The molecule has 0 bridgehead atoms. The molecule has 0 unspecified atom stereocenters. The molecule has 2 N–H and O–H groups in total. The molecule has 22 heavy (non-hydrogen) atoms. The number of amides is 1. The Balaban J connectivity index is 1.82. The Morgan fingerprint density at radius 1 is 1.23 bits per heavy atom. The maximum absolute atomic E-state index is 12.0. The number of allylic oxidation sites excluding steroid dienone is 1. The van der Waals surface area contributed by atoms with Crippen molar-refractivity contribution >= 4 is 29.7 Å². The van der Waals surface area contributed by atoms with Gasteiger partial charge in [0.15, 0.2) is 0 Å². The number of carbonyl (C=O) groups excluding carboxylic acids is 1. The molecule has 1 aromatic carbocycles. The molecule has 1 saturated heterocycles. The third kappa shape index (κ3) is 4.63. The number of benzene rings is 1. The van der Waals surface area contributed by atoms with Crippen LogP contribution in [0.1, 0.15) is 31.2 Å². The van der Waals surface area contributed by atoms with E-state index in [-0.39, 0.29) is 5.91 Å². The van der Waals surface area contributed by atoms with Gasteiger partial charge in [-0.05, 0) is 36.3 Å². The van der Waals surface area contributed by atoms with Gasteiger partial charge in [-0.3, -0.25) is 4.79 Å². The Hall–Kier alpha value is -1.75. The van der Waals surface area contributed by atoms with Crippen molar-refractivity contribution in [3.05, 3.63) is 42.0 Å². The first kappa shape index (κ1) is 16.6. The van der Waals surface area contributed by atoms with Crippen LogP contribution in [-0.2, 0) is 9.59 Å². The zero-order valence-corrected chi connectivity index (χ0v) is 13.3. The van der Waals surface area contributed by atoms with E-state index in [1.54, 1.807) is 11.8 Å². The van der Waals surface area contributed by atoms with Crippen LogP contribution in [-0.4, -0.2) is 34.0 Å². The van der Waals surface area contributed by atoms with Crippen molar-refractivity contribution in [2.75, 3.05) is 11.5 Å². The van der Waals surface area contributed by atoms with E-state index in [0.717, 1.165) is 17.1 Å². The molecule has 0 radical (unpaired) electrons. The van der Waals surface area contributed by atoms with Crippen molar-refractivity contribution in [2.45, 2.75) is 31.2 Å². The molecule has 1 aliphatic heterocycles. The second kappa shape index (κ2) is 8.03. The number of hydrogen-bond acceptors (Lipinski definition) is 3. The molecule has 1 amide bonds. The number of nitrogens with one attached hydrogen (secondary N) is 1. The highest BCUT2D eigenvalue weighted by Crippen LogP contribution is 2.27. The van der Waals surface area contributed by atoms with Crippen LogP contribution >= 0.6 is 11.8 Å². The second-order valence-electron chi connectivity index (χ2n) is 5.40. The summed E-state index contributed by atoms with van der Waals surface area (Å²) < 4.78 is 0. The average molecular weight is 319 g/mol. The summed E-state index contributed by atoms with van der Waals surface area (Å²) in [6.07, 6.45) is 5.82. The summed E-state index contributed by atoms with van der Waals surface area (Å²) in [7, 11) is 0. The van der Waals surface area contributed by atoms with Crippen molar-refractivity contribution in [2.24, 2.45) is 0 Å². The van der Waals surface area contributed by atoms with Gasteiger partial charge in [0.1, 0.15) is 5.54 Å². The molecule has 118 valence electrons. The highest BCUT2D eigenvalue weighted by Gasteiger charge is 2.40. The van der Waals surface area contributed by atoms with E-state index < -0.39 is 11.5 Å². The summed E-state index contributed by atoms with van der Waals surface area (Å²) >= 11 is 1.73. The van der Waals surface area contributed by atoms with Gasteiger partial charge in [0.25, 0.3) is 0 Å². The lowest BCUT2D eigenvalue weighted by Gasteiger charge is -2.33. The summed E-state index contributed by atoms with van der Waals surface area (Å²) in [5.41, 5.74) is 0.0279. The fraction of sp³-hybridized carbons (Fsp3) is 0.412. The monoisotopic (exact) mass is 319 g/mol. The van der Waals surface area contributed by atoms with Gasteiger partial charge >= 0.3 is 5.97 Å². The molecule has 4 nitrogen and oxygen atoms in total. The molecule has 0 aliphatic carbocycles. The van der Waals surface area contributed by atoms with Crippen molar-refractivity contribution in [1.29, 1.82) is 0 Å². The topological polar surface area (TPSA) is 66.4 Å². The van der Waals surface area contributed by atoms with Gasteiger partial charge in [0, 0.05) is 6.42 Å². The molecule has 1 heterocycles. The Morgan fingerprint density at radius 2 is 1.91 bits per heavy atom. The minimum absolute atomic E-state index is 0.188. The minimum atomic E-state index is -1.06. The molecule has 1 aromatic rings. The first-order chi connectivity index (χ1) is 10.6. The van der Waals surface area contributed by atoms with Crippen LogP contribution < -0.4 is 5.32 Å². The maximum atomic E-state index is 12.0. The predicted molar refractivity (Wildman–Crippen MR) is 89.8 cm³/mol. The lowest BCUT2D eigenvalue weighted by molar-refractivity contribution is -0.148. The van der Waals surface area contributed by atoms with E-state index in [0.29, 0.717) is 25.7 Å². The van der Waals surface area contributed by atoms with Crippen molar-refractivity contribution in [3.8, 4) is 0 Å². The predicted octanol–water partition coefficient (Wildman–Crippen LogP) is 2.95. The van der Waals surface area contributed by atoms with E-state index in [4.69, 9.17) is 0 Å². The summed E-state index contributed by atoms with van der Waals surface area (Å²) in [4.78, 5) is 23.5. The summed E-state index contributed by atoms with van der Waals surface area (Å²) in [5, 5.41) is 12.2. The molecule has 0 spiro atoms. The third-order valence-corrected chi connectivity index (χ3v) is 4.77. The standard InChI is InChI=1S/C17H21NO3S/c19-15(9-5-4-8-14-6-2-1-3-7-14)18-17(16(20)21)10-12-22-13-11-17/h1-4,6-8H,5,9-13H2,(H,18,19)(H,20,21)/b8-4+. The van der Waals surface area contributed by atoms with Crippen LogP contribution in [0.2, 0.25) is 0 Å². The molecule has 5 heteroatoms. The molecular weight excluding hydrogens is 298 g/mol. The van der Waals surface area contributed by atoms with E-state index in [1.807, 2.05) is 42.5 Å². The van der Waals surface area contributed by atoms with E-state index in [2.05, 4.69) is 5.32 Å². The number of hydrogen-bond donors (Lipinski definition) is 2.